The van der Waals surface area contributed by atoms with Gasteiger partial charge in [0.15, 0.2) is 0 Å². The van der Waals surface area contributed by atoms with E-state index in [1.165, 1.54) is 0 Å². The first-order chi connectivity index (χ1) is 8.86. The Labute approximate surface area is 106 Å². The van der Waals surface area contributed by atoms with E-state index in [1.54, 1.807) is 0 Å². The van der Waals surface area contributed by atoms with Crippen molar-refractivity contribution in [3.05, 3.63) is 71.8 Å². The van der Waals surface area contributed by atoms with Gasteiger partial charge in [0.05, 0.1) is 12.5 Å². The van der Waals surface area contributed by atoms with Crippen LogP contribution in [0.3, 0.4) is 0 Å². The van der Waals surface area contributed by atoms with E-state index in [9.17, 15) is 4.79 Å². The zero-order chi connectivity index (χ0) is 12.4. The molecule has 0 aromatic heterocycles. The lowest BCUT2D eigenvalue weighted by molar-refractivity contribution is -0.139. The minimum absolute atomic E-state index is 0.116. The van der Waals surface area contributed by atoms with Crippen molar-refractivity contribution < 1.29 is 9.53 Å². The molecule has 90 valence electrons. The van der Waals surface area contributed by atoms with Crippen LogP contribution >= 0.6 is 0 Å². The third kappa shape index (κ3) is 1.90. The Kier molecular flexibility index (Phi) is 2.85. The van der Waals surface area contributed by atoms with Gasteiger partial charge in [-0.05, 0) is 11.1 Å². The molecular formula is C16H14O2. The van der Waals surface area contributed by atoms with Gasteiger partial charge in [-0.2, -0.15) is 0 Å². The van der Waals surface area contributed by atoms with Crippen LogP contribution in [0.1, 0.15) is 23.0 Å². The first-order valence-electron chi connectivity index (χ1n) is 6.13. The summed E-state index contributed by atoms with van der Waals surface area (Å²) in [7, 11) is 0. The van der Waals surface area contributed by atoms with Crippen LogP contribution in [0.2, 0.25) is 0 Å². The molecule has 0 bridgehead atoms. The third-order valence-corrected chi connectivity index (χ3v) is 3.45. The molecule has 1 heterocycles. The molecule has 2 heteroatoms. The van der Waals surface area contributed by atoms with Crippen LogP contribution in [0.25, 0.3) is 0 Å². The lowest BCUT2D eigenvalue weighted by atomic mass is 9.84. The molecule has 2 aromatic carbocycles. The van der Waals surface area contributed by atoms with Gasteiger partial charge in [0.1, 0.15) is 0 Å². The van der Waals surface area contributed by atoms with Gasteiger partial charge in [0.25, 0.3) is 0 Å². The van der Waals surface area contributed by atoms with Crippen LogP contribution in [0.5, 0.6) is 0 Å². The first kappa shape index (κ1) is 11.0. The third-order valence-electron chi connectivity index (χ3n) is 3.45. The molecule has 1 aliphatic rings. The summed E-state index contributed by atoms with van der Waals surface area (Å²) in [6, 6.07) is 20.0. The molecule has 0 unspecified atom stereocenters. The monoisotopic (exact) mass is 238 g/mol. The van der Waals surface area contributed by atoms with E-state index in [0.717, 1.165) is 11.1 Å². The van der Waals surface area contributed by atoms with E-state index in [1.807, 2.05) is 48.5 Å². The number of hydrogen-bond acceptors (Lipinski definition) is 2. The molecular weight excluding hydrogens is 224 g/mol. The standard InChI is InChI=1S/C16H14O2/c17-16-15(13-9-5-2-6-10-13)14(11-18-16)12-7-3-1-4-8-12/h1-10,14-15H,11H2/t14-,15-/m0/s1. The van der Waals surface area contributed by atoms with E-state index in [4.69, 9.17) is 4.74 Å². The Hall–Kier alpha value is -2.09. The molecule has 1 fully saturated rings. The average Bonchev–Trinajstić information content (AvgIpc) is 2.83. The van der Waals surface area contributed by atoms with Gasteiger partial charge in [0, 0.05) is 5.92 Å². The number of hydrogen-bond donors (Lipinski definition) is 0. The van der Waals surface area contributed by atoms with Crippen molar-refractivity contribution in [2.45, 2.75) is 11.8 Å². The fourth-order valence-corrected chi connectivity index (χ4v) is 2.54. The van der Waals surface area contributed by atoms with Crippen molar-refractivity contribution in [1.29, 1.82) is 0 Å². The molecule has 0 spiro atoms. The quantitative estimate of drug-likeness (QED) is 0.751. The molecule has 0 aliphatic carbocycles. The zero-order valence-electron chi connectivity index (χ0n) is 9.95. The first-order valence-corrected chi connectivity index (χ1v) is 6.13. The lowest BCUT2D eigenvalue weighted by Gasteiger charge is -2.15. The van der Waals surface area contributed by atoms with Gasteiger partial charge >= 0.3 is 5.97 Å². The Morgan fingerprint density at radius 2 is 1.39 bits per heavy atom. The number of carbonyl (C=O) groups excluding carboxylic acids is 1. The maximum Gasteiger partial charge on any atom is 0.314 e. The molecule has 18 heavy (non-hydrogen) atoms. The highest BCUT2D eigenvalue weighted by molar-refractivity contribution is 5.81. The molecule has 1 aliphatic heterocycles. The van der Waals surface area contributed by atoms with Crippen LogP contribution in [0.15, 0.2) is 60.7 Å². The van der Waals surface area contributed by atoms with Gasteiger partial charge < -0.3 is 4.74 Å². The van der Waals surface area contributed by atoms with Crippen LogP contribution in [0.4, 0.5) is 0 Å². The summed E-state index contributed by atoms with van der Waals surface area (Å²) >= 11 is 0. The molecule has 0 N–H and O–H groups in total. The SMILES string of the molecule is O=C1OC[C@@H](c2ccccc2)[C@@H]1c1ccccc1. The number of benzene rings is 2. The molecule has 1 saturated heterocycles. The van der Waals surface area contributed by atoms with Crippen LogP contribution in [-0.4, -0.2) is 12.6 Å². The second kappa shape index (κ2) is 4.65. The number of rotatable bonds is 2. The minimum atomic E-state index is -0.173. The van der Waals surface area contributed by atoms with Gasteiger partial charge in [-0.1, -0.05) is 60.7 Å². The lowest BCUT2D eigenvalue weighted by Crippen LogP contribution is -2.12. The maximum absolute atomic E-state index is 11.9. The van der Waals surface area contributed by atoms with E-state index >= 15 is 0 Å². The predicted molar refractivity (Wildman–Crippen MR) is 69.3 cm³/mol. The fourth-order valence-electron chi connectivity index (χ4n) is 2.54. The molecule has 2 aromatic rings. The normalized spacial score (nSPS) is 22.8. The Morgan fingerprint density at radius 3 is 2.00 bits per heavy atom. The van der Waals surface area contributed by atoms with E-state index in [0.29, 0.717) is 6.61 Å². The number of carbonyl (C=O) groups is 1. The second-order valence-corrected chi connectivity index (χ2v) is 4.54. The van der Waals surface area contributed by atoms with Crippen molar-refractivity contribution in [2.24, 2.45) is 0 Å². The molecule has 0 saturated carbocycles. The van der Waals surface area contributed by atoms with Crippen molar-refractivity contribution in [3.63, 3.8) is 0 Å². The summed E-state index contributed by atoms with van der Waals surface area (Å²) in [5, 5.41) is 0. The highest BCUT2D eigenvalue weighted by Crippen LogP contribution is 2.38. The summed E-state index contributed by atoms with van der Waals surface area (Å²) in [4.78, 5) is 11.9. The van der Waals surface area contributed by atoms with Crippen molar-refractivity contribution in [3.8, 4) is 0 Å². The topological polar surface area (TPSA) is 26.3 Å². The zero-order valence-corrected chi connectivity index (χ0v) is 9.95. The smallest absolute Gasteiger partial charge is 0.314 e. The minimum Gasteiger partial charge on any atom is -0.465 e. The Bertz CT molecular complexity index is 534. The molecule has 0 amide bonds. The van der Waals surface area contributed by atoms with Crippen LogP contribution in [-0.2, 0) is 9.53 Å². The number of esters is 1. The van der Waals surface area contributed by atoms with E-state index < -0.39 is 0 Å². The van der Waals surface area contributed by atoms with E-state index in [-0.39, 0.29) is 17.8 Å². The average molecular weight is 238 g/mol. The number of cyclic esters (lactones) is 1. The fraction of sp³-hybridized carbons (Fsp3) is 0.188. The Balaban J connectivity index is 1.98. The summed E-state index contributed by atoms with van der Waals surface area (Å²) in [5.74, 6) is -0.162. The van der Waals surface area contributed by atoms with Gasteiger partial charge in [-0.25, -0.2) is 0 Å². The van der Waals surface area contributed by atoms with Crippen molar-refractivity contribution in [1.82, 2.24) is 0 Å². The maximum atomic E-state index is 11.9. The van der Waals surface area contributed by atoms with E-state index in [2.05, 4.69) is 12.1 Å². The highest BCUT2D eigenvalue weighted by Gasteiger charge is 2.38. The largest absolute Gasteiger partial charge is 0.465 e. The summed E-state index contributed by atoms with van der Waals surface area (Å²) in [6.45, 7) is 0.475. The molecule has 2 nitrogen and oxygen atoms in total. The van der Waals surface area contributed by atoms with Gasteiger partial charge in [0.2, 0.25) is 0 Å². The van der Waals surface area contributed by atoms with Crippen molar-refractivity contribution >= 4 is 5.97 Å². The highest BCUT2D eigenvalue weighted by atomic mass is 16.5. The van der Waals surface area contributed by atoms with Crippen LogP contribution < -0.4 is 0 Å². The van der Waals surface area contributed by atoms with Gasteiger partial charge in [-0.15, -0.1) is 0 Å². The van der Waals surface area contributed by atoms with Crippen molar-refractivity contribution in [2.75, 3.05) is 6.61 Å². The number of ether oxygens (including phenoxy) is 1. The van der Waals surface area contributed by atoms with Gasteiger partial charge in [-0.3, -0.25) is 4.79 Å². The summed E-state index contributed by atoms with van der Waals surface area (Å²) in [6.07, 6.45) is 0. The Morgan fingerprint density at radius 1 is 0.833 bits per heavy atom. The summed E-state index contributed by atoms with van der Waals surface area (Å²) in [5.41, 5.74) is 2.20. The molecule has 3 rings (SSSR count). The predicted octanol–water partition coefficient (Wildman–Crippen LogP) is 3.11. The summed E-state index contributed by atoms with van der Waals surface area (Å²) < 4.78 is 5.25. The molecule has 0 radical (unpaired) electrons. The van der Waals surface area contributed by atoms with Crippen LogP contribution in [0, 0.1) is 0 Å². The second-order valence-electron chi connectivity index (χ2n) is 4.54. The molecule has 2 atom stereocenters.